The zero-order valence-electron chi connectivity index (χ0n) is 7.82. The predicted molar refractivity (Wildman–Crippen MR) is 49.5 cm³/mol. The van der Waals surface area contributed by atoms with Gasteiger partial charge in [-0.3, -0.25) is 0 Å². The molecule has 0 aliphatic heterocycles. The molecule has 1 rings (SSSR count). The number of allylic oxidation sites excluding steroid dienone is 1. The van der Waals surface area contributed by atoms with Gasteiger partial charge < -0.3 is 5.11 Å². The first-order valence-electron chi connectivity index (χ1n) is 4.58. The normalized spacial score (nSPS) is 21.8. The van der Waals surface area contributed by atoms with Crippen LogP contribution in [0, 0.1) is 5.92 Å². The maximum Gasteiger partial charge on any atom is 0.167 e. The third kappa shape index (κ3) is 3.81. The van der Waals surface area contributed by atoms with Crippen LogP contribution in [0.1, 0.15) is 32.1 Å². The summed E-state index contributed by atoms with van der Waals surface area (Å²) in [6.07, 6.45) is 6.04. The topological polar surface area (TPSA) is 57.2 Å². The summed E-state index contributed by atoms with van der Waals surface area (Å²) >= 11 is 0. The molecule has 76 valence electrons. The molecule has 0 radical (unpaired) electrons. The molecule has 0 aromatic rings. The lowest BCUT2D eigenvalue weighted by atomic mass is 9.88. The van der Waals surface area contributed by atoms with Crippen molar-refractivity contribution in [3.63, 3.8) is 0 Å². The molecule has 13 heavy (non-hydrogen) atoms. The van der Waals surface area contributed by atoms with E-state index in [9.17, 15) is 13.5 Å². The lowest BCUT2D eigenvalue weighted by Gasteiger charge is -2.27. The minimum absolute atomic E-state index is 0.0384. The van der Waals surface area contributed by atoms with Gasteiger partial charge in [0.25, 0.3) is 0 Å². The second-order valence-electron chi connectivity index (χ2n) is 3.68. The smallest absolute Gasteiger partial charge is 0.167 e. The maximum atomic E-state index is 11.4. The van der Waals surface area contributed by atoms with Crippen molar-refractivity contribution in [3.05, 3.63) is 11.2 Å². The molecule has 0 atom stereocenters. The molecule has 3 nitrogen and oxygen atoms in total. The second kappa shape index (κ2) is 4.13. The van der Waals surface area contributed by atoms with Gasteiger partial charge in [0.2, 0.25) is 0 Å². The molecule has 0 aromatic heterocycles. The van der Waals surface area contributed by atoms with Gasteiger partial charge in [-0.1, -0.05) is 19.3 Å². The van der Waals surface area contributed by atoms with Gasteiger partial charge in [0.15, 0.2) is 9.84 Å². The average molecular weight is 203 g/mol. The third-order valence-electron chi connectivity index (χ3n) is 2.34. The van der Waals surface area contributed by atoms with E-state index in [0.29, 0.717) is 0 Å². The summed E-state index contributed by atoms with van der Waals surface area (Å²) in [7, 11) is -3.25. The number of rotatable bonds is 2. The molecule has 1 aliphatic rings. The summed E-state index contributed by atoms with van der Waals surface area (Å²) in [5.41, 5.74) is 0. The third-order valence-corrected chi connectivity index (χ3v) is 3.00. The van der Waals surface area contributed by atoms with E-state index in [1.165, 1.54) is 6.42 Å². The Bertz CT molecular complexity index is 284. The first-order valence-corrected chi connectivity index (χ1v) is 6.53. The molecule has 0 saturated heterocycles. The van der Waals surface area contributed by atoms with Crippen LogP contribution in [0.15, 0.2) is 11.2 Å². The van der Waals surface area contributed by atoms with E-state index in [4.69, 9.17) is 0 Å². The van der Waals surface area contributed by atoms with Crippen LogP contribution in [-0.4, -0.2) is 14.7 Å². The van der Waals surface area contributed by atoms with Crippen LogP contribution >= 0.6 is 0 Å². The summed E-state index contributed by atoms with van der Waals surface area (Å²) in [5, 5.41) is 12.3. The largest absolute Gasteiger partial charge is 0.875 e. The summed E-state index contributed by atoms with van der Waals surface area (Å²) in [6.45, 7) is 0. The van der Waals surface area contributed by atoms with E-state index >= 15 is 0 Å². The Morgan fingerprint density at radius 2 is 1.85 bits per heavy atom. The van der Waals surface area contributed by atoms with Crippen LogP contribution in [-0.2, 0) is 9.84 Å². The maximum absolute atomic E-state index is 11.4. The van der Waals surface area contributed by atoms with Gasteiger partial charge in [0, 0.05) is 11.7 Å². The van der Waals surface area contributed by atoms with Crippen molar-refractivity contribution in [2.45, 2.75) is 32.1 Å². The van der Waals surface area contributed by atoms with Crippen molar-refractivity contribution in [3.8, 4) is 0 Å². The quantitative estimate of drug-likeness (QED) is 0.624. The fraction of sp³-hybridized carbons (Fsp3) is 0.778. The van der Waals surface area contributed by atoms with Crippen LogP contribution in [0.3, 0.4) is 0 Å². The Labute approximate surface area is 79.4 Å². The number of sulfone groups is 1. The first kappa shape index (κ1) is 10.6. The highest BCUT2D eigenvalue weighted by Crippen LogP contribution is 2.27. The standard InChI is InChI=1S/C9H16O3S/c1-13(11,12)7-9(10)8-5-3-2-4-6-8/h7-8,10H,2-6H2,1H3/p-1/b9-7-. The van der Waals surface area contributed by atoms with Crippen LogP contribution in [0.25, 0.3) is 0 Å². The Balaban J connectivity index is 2.65. The van der Waals surface area contributed by atoms with Crippen molar-refractivity contribution in [2.24, 2.45) is 5.92 Å². The molecule has 0 aromatic carbocycles. The molecular formula is C9H15O3S-. The SMILES string of the molecule is CS(=O)(=O)/C=C(\[O-])C1CCCCC1. The number of hydrogen-bond donors (Lipinski definition) is 0. The first-order chi connectivity index (χ1) is 5.99. The lowest BCUT2D eigenvalue weighted by molar-refractivity contribution is -0.316. The number of hydrogen-bond acceptors (Lipinski definition) is 3. The van der Waals surface area contributed by atoms with Gasteiger partial charge in [-0.2, -0.15) is 0 Å². The minimum Gasteiger partial charge on any atom is -0.875 e. The molecule has 1 saturated carbocycles. The van der Waals surface area contributed by atoms with Gasteiger partial charge in [-0.05, 0) is 18.8 Å². The van der Waals surface area contributed by atoms with E-state index in [2.05, 4.69) is 0 Å². The predicted octanol–water partition coefficient (Wildman–Crippen LogP) is 0.813. The molecule has 0 unspecified atom stereocenters. The van der Waals surface area contributed by atoms with E-state index in [1.54, 1.807) is 0 Å². The monoisotopic (exact) mass is 203 g/mol. The molecule has 1 fully saturated rings. The zero-order chi connectivity index (χ0) is 9.90. The second-order valence-corrected chi connectivity index (χ2v) is 5.58. The fourth-order valence-electron chi connectivity index (χ4n) is 1.69. The highest BCUT2D eigenvalue weighted by molar-refractivity contribution is 7.93. The van der Waals surface area contributed by atoms with Gasteiger partial charge in [-0.15, -0.1) is 5.76 Å². The van der Waals surface area contributed by atoms with Gasteiger partial charge in [-0.25, -0.2) is 8.42 Å². The molecule has 4 heteroatoms. The fourth-order valence-corrected chi connectivity index (χ4v) is 2.31. The summed E-state index contributed by atoms with van der Waals surface area (Å²) in [5.74, 6) is -0.245. The molecule has 0 spiro atoms. The van der Waals surface area contributed by atoms with Crippen molar-refractivity contribution in [1.82, 2.24) is 0 Å². The molecular weight excluding hydrogens is 188 g/mol. The van der Waals surface area contributed by atoms with Gasteiger partial charge in [0.1, 0.15) is 0 Å². The van der Waals surface area contributed by atoms with Crippen LogP contribution in [0.5, 0.6) is 0 Å². The van der Waals surface area contributed by atoms with Gasteiger partial charge >= 0.3 is 0 Å². The Hall–Kier alpha value is -0.510. The van der Waals surface area contributed by atoms with Gasteiger partial charge in [0.05, 0.1) is 0 Å². The highest BCUT2D eigenvalue weighted by Gasteiger charge is 2.13. The van der Waals surface area contributed by atoms with Crippen LogP contribution < -0.4 is 5.11 Å². The Morgan fingerprint density at radius 3 is 2.31 bits per heavy atom. The van der Waals surface area contributed by atoms with E-state index in [0.717, 1.165) is 37.3 Å². The molecule has 1 aliphatic carbocycles. The van der Waals surface area contributed by atoms with Crippen molar-refractivity contribution >= 4 is 9.84 Å². The van der Waals surface area contributed by atoms with Crippen molar-refractivity contribution < 1.29 is 13.5 Å². The summed E-state index contributed by atoms with van der Waals surface area (Å²) in [6, 6.07) is 0. The molecule has 0 bridgehead atoms. The van der Waals surface area contributed by atoms with E-state index < -0.39 is 9.84 Å². The van der Waals surface area contributed by atoms with E-state index in [-0.39, 0.29) is 11.7 Å². The van der Waals surface area contributed by atoms with Crippen LogP contribution in [0.2, 0.25) is 0 Å². The average Bonchev–Trinajstić information content (AvgIpc) is 2.03. The lowest BCUT2D eigenvalue weighted by Crippen LogP contribution is -2.19. The zero-order valence-corrected chi connectivity index (χ0v) is 8.64. The summed E-state index contributed by atoms with van der Waals surface area (Å²) in [4.78, 5) is 0. The molecule has 0 N–H and O–H groups in total. The van der Waals surface area contributed by atoms with Crippen molar-refractivity contribution in [1.29, 1.82) is 0 Å². The molecule has 0 heterocycles. The van der Waals surface area contributed by atoms with E-state index in [1.807, 2.05) is 0 Å². The Kier molecular flexibility index (Phi) is 3.36. The Morgan fingerprint density at radius 1 is 1.31 bits per heavy atom. The highest BCUT2D eigenvalue weighted by atomic mass is 32.2. The molecule has 0 amide bonds. The van der Waals surface area contributed by atoms with Crippen molar-refractivity contribution in [2.75, 3.05) is 6.26 Å². The minimum atomic E-state index is -3.25. The van der Waals surface area contributed by atoms with Crippen LogP contribution in [0.4, 0.5) is 0 Å². The summed E-state index contributed by atoms with van der Waals surface area (Å²) < 4.78 is 21.6.